The maximum Gasteiger partial charge on any atom is 0.126 e. The van der Waals surface area contributed by atoms with Gasteiger partial charge >= 0.3 is 0 Å². The molecular formula is C19H24N2O2. The van der Waals surface area contributed by atoms with Gasteiger partial charge in [-0.25, -0.2) is 0 Å². The predicted molar refractivity (Wildman–Crippen MR) is 92.0 cm³/mol. The molecule has 0 N–H and O–H groups in total. The van der Waals surface area contributed by atoms with E-state index < -0.39 is 0 Å². The molecular weight excluding hydrogens is 288 g/mol. The molecule has 0 aliphatic carbocycles. The second kappa shape index (κ2) is 7.01. The number of methoxy groups -OCH3 is 2. The van der Waals surface area contributed by atoms with Gasteiger partial charge in [0.1, 0.15) is 11.5 Å². The number of hydrogen-bond donors (Lipinski definition) is 0. The first-order valence-corrected chi connectivity index (χ1v) is 8.11. The number of aromatic nitrogens is 1. The molecule has 0 radical (unpaired) electrons. The van der Waals surface area contributed by atoms with Crippen LogP contribution in [0.1, 0.15) is 24.0 Å². The second-order valence-corrected chi connectivity index (χ2v) is 6.04. The Morgan fingerprint density at radius 1 is 1.04 bits per heavy atom. The Balaban J connectivity index is 1.91. The standard InChI is InChI=1S/C19H24N2O2/c1-14-18(22-2)11-16(12-19(14)23-3)17-10-15(6-7-20-17)13-21-8-4-5-9-21/h6-7,10-12H,4-5,8-9,13H2,1-3H3. The highest BCUT2D eigenvalue weighted by atomic mass is 16.5. The Morgan fingerprint density at radius 2 is 1.70 bits per heavy atom. The van der Waals surface area contributed by atoms with E-state index in [0.29, 0.717) is 0 Å². The van der Waals surface area contributed by atoms with Gasteiger partial charge in [0.15, 0.2) is 0 Å². The third kappa shape index (κ3) is 3.48. The molecule has 0 spiro atoms. The normalized spacial score (nSPS) is 14.9. The molecule has 0 bridgehead atoms. The summed E-state index contributed by atoms with van der Waals surface area (Å²) in [5.41, 5.74) is 4.29. The summed E-state index contributed by atoms with van der Waals surface area (Å²) in [5.74, 6) is 1.65. The highest BCUT2D eigenvalue weighted by molar-refractivity contribution is 5.66. The van der Waals surface area contributed by atoms with Crippen LogP contribution >= 0.6 is 0 Å². The van der Waals surface area contributed by atoms with Crippen molar-refractivity contribution >= 4 is 0 Å². The number of hydrogen-bond acceptors (Lipinski definition) is 4. The van der Waals surface area contributed by atoms with Crippen molar-refractivity contribution in [2.45, 2.75) is 26.3 Å². The van der Waals surface area contributed by atoms with Gasteiger partial charge in [-0.1, -0.05) is 0 Å². The predicted octanol–water partition coefficient (Wildman–Crippen LogP) is 3.67. The molecule has 0 unspecified atom stereocenters. The fraction of sp³-hybridized carbons (Fsp3) is 0.421. The van der Waals surface area contributed by atoms with Gasteiger partial charge in [-0.2, -0.15) is 0 Å². The summed E-state index contributed by atoms with van der Waals surface area (Å²) >= 11 is 0. The molecule has 23 heavy (non-hydrogen) atoms. The zero-order valence-electron chi connectivity index (χ0n) is 14.1. The quantitative estimate of drug-likeness (QED) is 0.844. The van der Waals surface area contributed by atoms with Crippen LogP contribution in [0.4, 0.5) is 0 Å². The number of ether oxygens (including phenoxy) is 2. The summed E-state index contributed by atoms with van der Waals surface area (Å²) in [6, 6.07) is 8.33. The van der Waals surface area contributed by atoms with Gasteiger partial charge in [0.25, 0.3) is 0 Å². The monoisotopic (exact) mass is 312 g/mol. The van der Waals surface area contributed by atoms with Gasteiger partial charge in [0.05, 0.1) is 19.9 Å². The summed E-state index contributed by atoms with van der Waals surface area (Å²) in [5, 5.41) is 0. The van der Waals surface area contributed by atoms with Crippen molar-refractivity contribution in [1.82, 2.24) is 9.88 Å². The van der Waals surface area contributed by atoms with E-state index in [2.05, 4.69) is 22.0 Å². The lowest BCUT2D eigenvalue weighted by Crippen LogP contribution is -2.18. The molecule has 122 valence electrons. The van der Waals surface area contributed by atoms with Crippen LogP contribution in [0, 0.1) is 6.92 Å². The van der Waals surface area contributed by atoms with Crippen molar-refractivity contribution < 1.29 is 9.47 Å². The number of benzene rings is 1. The fourth-order valence-corrected chi connectivity index (χ4v) is 3.16. The van der Waals surface area contributed by atoms with Crippen molar-refractivity contribution in [2.75, 3.05) is 27.3 Å². The molecule has 0 amide bonds. The molecule has 2 aromatic rings. The first-order chi connectivity index (χ1) is 11.2. The largest absolute Gasteiger partial charge is 0.496 e. The minimum atomic E-state index is 0.825. The lowest BCUT2D eigenvalue weighted by Gasteiger charge is -2.16. The average Bonchev–Trinajstić information content (AvgIpc) is 3.08. The molecule has 4 heteroatoms. The molecule has 1 aromatic carbocycles. The van der Waals surface area contributed by atoms with E-state index in [0.717, 1.165) is 34.9 Å². The third-order valence-corrected chi connectivity index (χ3v) is 4.48. The summed E-state index contributed by atoms with van der Waals surface area (Å²) in [7, 11) is 3.37. The minimum absolute atomic E-state index is 0.825. The zero-order chi connectivity index (χ0) is 16.2. The third-order valence-electron chi connectivity index (χ3n) is 4.48. The lowest BCUT2D eigenvalue weighted by molar-refractivity contribution is 0.331. The van der Waals surface area contributed by atoms with Crippen LogP contribution in [-0.2, 0) is 6.54 Å². The second-order valence-electron chi connectivity index (χ2n) is 6.04. The molecule has 1 aliphatic heterocycles. The maximum atomic E-state index is 5.47. The van der Waals surface area contributed by atoms with Gasteiger partial charge in [-0.3, -0.25) is 9.88 Å². The number of nitrogens with zero attached hydrogens (tertiary/aromatic N) is 2. The Kier molecular flexibility index (Phi) is 4.82. The Morgan fingerprint density at radius 3 is 2.30 bits per heavy atom. The molecule has 0 atom stereocenters. The van der Waals surface area contributed by atoms with E-state index >= 15 is 0 Å². The Hall–Kier alpha value is -2.07. The number of rotatable bonds is 5. The summed E-state index contributed by atoms with van der Waals surface area (Å²) in [4.78, 5) is 7.03. The van der Waals surface area contributed by atoms with Crippen molar-refractivity contribution in [1.29, 1.82) is 0 Å². The number of pyridine rings is 1. The SMILES string of the molecule is COc1cc(-c2cc(CN3CCCC3)ccn2)cc(OC)c1C. The summed E-state index contributed by atoms with van der Waals surface area (Å²) in [6.45, 7) is 5.39. The van der Waals surface area contributed by atoms with Crippen molar-refractivity contribution in [2.24, 2.45) is 0 Å². The van der Waals surface area contributed by atoms with Crippen molar-refractivity contribution in [3.05, 3.63) is 41.6 Å². The molecule has 1 aliphatic rings. The molecule has 0 saturated carbocycles. The first-order valence-electron chi connectivity index (χ1n) is 8.11. The average molecular weight is 312 g/mol. The van der Waals surface area contributed by atoms with Crippen molar-refractivity contribution in [3.8, 4) is 22.8 Å². The highest BCUT2D eigenvalue weighted by Gasteiger charge is 2.14. The van der Waals surface area contributed by atoms with Crippen LogP contribution < -0.4 is 9.47 Å². The van der Waals surface area contributed by atoms with E-state index in [9.17, 15) is 0 Å². The molecule has 1 fully saturated rings. The van der Waals surface area contributed by atoms with Gasteiger partial charge in [-0.15, -0.1) is 0 Å². The van der Waals surface area contributed by atoms with Gasteiger partial charge < -0.3 is 9.47 Å². The van der Waals surface area contributed by atoms with E-state index in [-0.39, 0.29) is 0 Å². The highest BCUT2D eigenvalue weighted by Crippen LogP contribution is 2.33. The van der Waals surface area contributed by atoms with Crippen LogP contribution in [-0.4, -0.2) is 37.2 Å². The number of likely N-dealkylation sites (tertiary alicyclic amines) is 1. The van der Waals surface area contributed by atoms with Crippen LogP contribution in [0.3, 0.4) is 0 Å². The molecule has 4 nitrogen and oxygen atoms in total. The topological polar surface area (TPSA) is 34.6 Å². The van der Waals surface area contributed by atoms with E-state index in [1.54, 1.807) is 14.2 Å². The van der Waals surface area contributed by atoms with Crippen LogP contribution in [0.2, 0.25) is 0 Å². The minimum Gasteiger partial charge on any atom is -0.496 e. The first kappa shape index (κ1) is 15.8. The van der Waals surface area contributed by atoms with E-state index in [1.165, 1.54) is 31.5 Å². The Labute approximate surface area is 138 Å². The molecule has 1 saturated heterocycles. The summed E-state index contributed by atoms with van der Waals surface area (Å²) in [6.07, 6.45) is 4.51. The van der Waals surface area contributed by atoms with Crippen LogP contribution in [0.15, 0.2) is 30.5 Å². The van der Waals surface area contributed by atoms with Crippen molar-refractivity contribution in [3.63, 3.8) is 0 Å². The van der Waals surface area contributed by atoms with E-state index in [4.69, 9.17) is 9.47 Å². The molecule has 2 heterocycles. The smallest absolute Gasteiger partial charge is 0.126 e. The van der Waals surface area contributed by atoms with Crippen LogP contribution in [0.5, 0.6) is 11.5 Å². The van der Waals surface area contributed by atoms with Gasteiger partial charge in [0, 0.05) is 23.9 Å². The van der Waals surface area contributed by atoms with Crippen LogP contribution in [0.25, 0.3) is 11.3 Å². The Bertz CT molecular complexity index is 654. The van der Waals surface area contributed by atoms with Gasteiger partial charge in [-0.05, 0) is 62.7 Å². The van der Waals surface area contributed by atoms with Gasteiger partial charge in [0.2, 0.25) is 0 Å². The molecule has 1 aromatic heterocycles. The fourth-order valence-electron chi connectivity index (χ4n) is 3.16. The maximum absolute atomic E-state index is 5.47. The molecule has 3 rings (SSSR count). The lowest BCUT2D eigenvalue weighted by atomic mass is 10.0. The van der Waals surface area contributed by atoms with E-state index in [1.807, 2.05) is 25.3 Å². The summed E-state index contributed by atoms with van der Waals surface area (Å²) < 4.78 is 10.9. The zero-order valence-corrected chi connectivity index (χ0v) is 14.1.